The highest BCUT2D eigenvalue weighted by atomic mass is 16.3. The number of likely N-dealkylation sites (N-methyl/N-ethyl adjacent to an activating group) is 1. The van der Waals surface area contributed by atoms with Crippen molar-refractivity contribution in [3.63, 3.8) is 0 Å². The van der Waals surface area contributed by atoms with E-state index in [-0.39, 0.29) is 6.04 Å². The van der Waals surface area contributed by atoms with E-state index in [1.54, 1.807) is 6.26 Å². The van der Waals surface area contributed by atoms with E-state index in [1.165, 1.54) is 39.0 Å². The molecule has 3 rings (SSSR count). The summed E-state index contributed by atoms with van der Waals surface area (Å²) < 4.78 is 5.71. The van der Waals surface area contributed by atoms with E-state index < -0.39 is 0 Å². The number of guanidine groups is 1. The van der Waals surface area contributed by atoms with E-state index in [0.29, 0.717) is 5.92 Å². The van der Waals surface area contributed by atoms with Gasteiger partial charge in [-0.05, 0) is 51.0 Å². The van der Waals surface area contributed by atoms with Crippen LogP contribution in [0.5, 0.6) is 0 Å². The lowest BCUT2D eigenvalue weighted by Gasteiger charge is -2.34. The van der Waals surface area contributed by atoms with Gasteiger partial charge in [0.05, 0.1) is 12.3 Å². The van der Waals surface area contributed by atoms with Crippen molar-refractivity contribution >= 4 is 5.96 Å². The van der Waals surface area contributed by atoms with Crippen molar-refractivity contribution in [2.45, 2.75) is 25.8 Å². The fourth-order valence-corrected chi connectivity index (χ4v) is 4.16. The predicted molar refractivity (Wildman–Crippen MR) is 115 cm³/mol. The quantitative estimate of drug-likeness (QED) is 0.518. The van der Waals surface area contributed by atoms with Gasteiger partial charge in [-0.25, -0.2) is 0 Å². The van der Waals surface area contributed by atoms with Crippen LogP contribution in [0.4, 0.5) is 0 Å². The third-order valence-electron chi connectivity index (χ3n) is 5.92. The Morgan fingerprint density at radius 3 is 2.46 bits per heavy atom. The third-order valence-corrected chi connectivity index (χ3v) is 5.92. The van der Waals surface area contributed by atoms with Gasteiger partial charge in [0, 0.05) is 52.9 Å². The maximum absolute atomic E-state index is 5.71. The second kappa shape index (κ2) is 10.8. The van der Waals surface area contributed by atoms with Crippen molar-refractivity contribution in [3.05, 3.63) is 24.2 Å². The Kier molecular flexibility index (Phi) is 8.18. The molecule has 0 aromatic carbocycles. The van der Waals surface area contributed by atoms with Crippen LogP contribution in [-0.2, 0) is 0 Å². The largest absolute Gasteiger partial charge is 0.468 e. The summed E-state index contributed by atoms with van der Waals surface area (Å²) in [6.07, 6.45) is 4.31. The van der Waals surface area contributed by atoms with Gasteiger partial charge in [0.1, 0.15) is 5.76 Å². The molecule has 0 bridgehead atoms. The minimum absolute atomic E-state index is 0.263. The van der Waals surface area contributed by atoms with Crippen LogP contribution < -0.4 is 10.6 Å². The second-order valence-corrected chi connectivity index (χ2v) is 8.32. The van der Waals surface area contributed by atoms with E-state index in [2.05, 4.69) is 50.4 Å². The minimum atomic E-state index is 0.263. The molecule has 2 atom stereocenters. The van der Waals surface area contributed by atoms with Gasteiger partial charge in [0.2, 0.25) is 0 Å². The molecule has 2 fully saturated rings. The number of piperazine rings is 1. The summed E-state index contributed by atoms with van der Waals surface area (Å²) in [5.74, 6) is 2.50. The van der Waals surface area contributed by atoms with Gasteiger partial charge in [-0.2, -0.15) is 0 Å². The highest BCUT2D eigenvalue weighted by Gasteiger charge is 2.25. The molecule has 7 heteroatoms. The summed E-state index contributed by atoms with van der Waals surface area (Å²) in [5, 5.41) is 7.03. The highest BCUT2D eigenvalue weighted by molar-refractivity contribution is 5.79. The summed E-state index contributed by atoms with van der Waals surface area (Å²) in [4.78, 5) is 11.9. The zero-order chi connectivity index (χ0) is 19.8. The molecule has 0 radical (unpaired) electrons. The Bertz CT molecular complexity index is 576. The van der Waals surface area contributed by atoms with Gasteiger partial charge in [0.15, 0.2) is 5.96 Å². The standard InChI is InChI=1S/C21H38N6O/c1-18(17-26-12-10-25(3)11-13-26)15-23-21(22-2)24-16-19(20-7-6-14-28-20)27-8-4-5-9-27/h6-7,14,18-19H,4-5,8-13,15-17H2,1-3H3,(H2,22,23,24). The molecule has 0 spiro atoms. The molecule has 0 aliphatic carbocycles. The Morgan fingerprint density at radius 2 is 1.82 bits per heavy atom. The summed E-state index contributed by atoms with van der Waals surface area (Å²) >= 11 is 0. The topological polar surface area (TPSA) is 59.3 Å². The van der Waals surface area contributed by atoms with Crippen LogP contribution in [0.25, 0.3) is 0 Å². The van der Waals surface area contributed by atoms with Crippen molar-refractivity contribution in [3.8, 4) is 0 Å². The molecule has 2 unspecified atom stereocenters. The molecule has 0 saturated carbocycles. The molecule has 2 aliphatic rings. The average Bonchev–Trinajstić information content (AvgIpc) is 3.41. The summed E-state index contributed by atoms with van der Waals surface area (Å²) in [6, 6.07) is 4.32. The Balaban J connectivity index is 1.43. The molecule has 2 aliphatic heterocycles. The van der Waals surface area contributed by atoms with E-state index in [0.717, 1.165) is 44.4 Å². The fraction of sp³-hybridized carbons (Fsp3) is 0.762. The van der Waals surface area contributed by atoms with Crippen molar-refractivity contribution in [1.29, 1.82) is 0 Å². The van der Waals surface area contributed by atoms with Crippen LogP contribution in [-0.4, -0.2) is 93.7 Å². The SMILES string of the molecule is CN=C(NCC(C)CN1CCN(C)CC1)NCC(c1ccco1)N1CCCC1. The molecule has 3 heterocycles. The van der Waals surface area contributed by atoms with Gasteiger partial charge >= 0.3 is 0 Å². The fourth-order valence-electron chi connectivity index (χ4n) is 4.16. The van der Waals surface area contributed by atoms with Crippen LogP contribution in [0, 0.1) is 5.92 Å². The summed E-state index contributed by atoms with van der Waals surface area (Å²) in [7, 11) is 4.05. The molecule has 1 aromatic rings. The zero-order valence-electron chi connectivity index (χ0n) is 17.9. The molecule has 28 heavy (non-hydrogen) atoms. The molecule has 2 saturated heterocycles. The van der Waals surface area contributed by atoms with Crippen molar-refractivity contribution in [2.75, 3.05) is 73.0 Å². The maximum atomic E-state index is 5.71. The Hall–Kier alpha value is -1.57. The molecule has 2 N–H and O–H groups in total. The number of furan rings is 1. The molecule has 0 amide bonds. The van der Waals surface area contributed by atoms with Gasteiger partial charge in [-0.1, -0.05) is 6.92 Å². The first-order valence-corrected chi connectivity index (χ1v) is 10.8. The van der Waals surface area contributed by atoms with Crippen molar-refractivity contribution < 1.29 is 4.42 Å². The van der Waals surface area contributed by atoms with Crippen LogP contribution in [0.1, 0.15) is 31.6 Å². The lowest BCUT2D eigenvalue weighted by atomic mass is 10.1. The summed E-state index contributed by atoms with van der Waals surface area (Å²) in [6.45, 7) is 12.2. The summed E-state index contributed by atoms with van der Waals surface area (Å²) in [5.41, 5.74) is 0. The van der Waals surface area contributed by atoms with Gasteiger partial charge in [-0.3, -0.25) is 9.89 Å². The van der Waals surface area contributed by atoms with Crippen molar-refractivity contribution in [1.82, 2.24) is 25.3 Å². The van der Waals surface area contributed by atoms with E-state index >= 15 is 0 Å². The maximum Gasteiger partial charge on any atom is 0.191 e. The van der Waals surface area contributed by atoms with E-state index in [4.69, 9.17) is 4.42 Å². The molecule has 7 nitrogen and oxygen atoms in total. The van der Waals surface area contributed by atoms with E-state index in [1.807, 2.05) is 13.1 Å². The number of aliphatic imine (C=N–C) groups is 1. The average molecular weight is 391 g/mol. The number of nitrogens with zero attached hydrogens (tertiary/aromatic N) is 4. The lowest BCUT2D eigenvalue weighted by Crippen LogP contribution is -2.48. The van der Waals surface area contributed by atoms with Crippen LogP contribution in [0.3, 0.4) is 0 Å². The number of hydrogen-bond donors (Lipinski definition) is 2. The van der Waals surface area contributed by atoms with Gasteiger partial charge < -0.3 is 24.9 Å². The van der Waals surface area contributed by atoms with Gasteiger partial charge in [-0.15, -0.1) is 0 Å². The Labute approximate surface area is 170 Å². The van der Waals surface area contributed by atoms with Gasteiger partial charge in [0.25, 0.3) is 0 Å². The molecular formula is C21H38N6O. The Morgan fingerprint density at radius 1 is 1.11 bits per heavy atom. The van der Waals surface area contributed by atoms with Crippen LogP contribution in [0.2, 0.25) is 0 Å². The number of likely N-dealkylation sites (tertiary alicyclic amines) is 1. The normalized spacial score (nSPS) is 22.3. The number of nitrogens with one attached hydrogen (secondary N) is 2. The number of rotatable bonds is 8. The van der Waals surface area contributed by atoms with E-state index in [9.17, 15) is 0 Å². The lowest BCUT2D eigenvalue weighted by molar-refractivity contribution is 0.139. The molecular weight excluding hydrogens is 352 g/mol. The first-order valence-electron chi connectivity index (χ1n) is 10.8. The smallest absolute Gasteiger partial charge is 0.191 e. The number of hydrogen-bond acceptors (Lipinski definition) is 5. The monoisotopic (exact) mass is 390 g/mol. The molecule has 158 valence electrons. The third kappa shape index (κ3) is 6.22. The van der Waals surface area contributed by atoms with Crippen LogP contribution in [0.15, 0.2) is 27.8 Å². The highest BCUT2D eigenvalue weighted by Crippen LogP contribution is 2.24. The first-order chi connectivity index (χ1) is 13.7. The second-order valence-electron chi connectivity index (χ2n) is 8.32. The minimum Gasteiger partial charge on any atom is -0.468 e. The first kappa shape index (κ1) is 21.1. The van der Waals surface area contributed by atoms with Crippen LogP contribution >= 0.6 is 0 Å². The van der Waals surface area contributed by atoms with Crippen molar-refractivity contribution in [2.24, 2.45) is 10.9 Å². The predicted octanol–water partition coefficient (Wildman–Crippen LogP) is 1.47. The molecule has 1 aromatic heterocycles. The zero-order valence-corrected chi connectivity index (χ0v) is 17.9.